The molecule has 1 saturated heterocycles. The molecule has 16 heavy (non-hydrogen) atoms. The highest BCUT2D eigenvalue weighted by Crippen LogP contribution is 2.27. The summed E-state index contributed by atoms with van der Waals surface area (Å²) in [7, 11) is 0. The predicted octanol–water partition coefficient (Wildman–Crippen LogP) is 2.42. The van der Waals surface area contributed by atoms with Gasteiger partial charge in [-0.3, -0.25) is 11.3 Å². The molecule has 1 heterocycles. The van der Waals surface area contributed by atoms with Crippen LogP contribution in [0.25, 0.3) is 0 Å². The van der Waals surface area contributed by atoms with Crippen LogP contribution in [0.5, 0.6) is 0 Å². The molecule has 1 fully saturated rings. The van der Waals surface area contributed by atoms with Crippen molar-refractivity contribution in [2.24, 2.45) is 11.8 Å². The van der Waals surface area contributed by atoms with Crippen molar-refractivity contribution >= 4 is 34.4 Å². The molecule has 1 aromatic rings. The third kappa shape index (κ3) is 3.35. The fourth-order valence-electron chi connectivity index (χ4n) is 2.11. The highest BCUT2D eigenvalue weighted by Gasteiger charge is 2.24. The Morgan fingerprint density at radius 2 is 2.19 bits per heavy atom. The third-order valence-corrected chi connectivity index (χ3v) is 5.02. The van der Waals surface area contributed by atoms with Gasteiger partial charge in [0.25, 0.3) is 0 Å². The molecular weight excluding hydrogens is 331 g/mol. The van der Waals surface area contributed by atoms with Crippen LogP contribution >= 0.6 is 34.4 Å². The van der Waals surface area contributed by atoms with E-state index in [4.69, 9.17) is 5.84 Å². The van der Waals surface area contributed by atoms with E-state index in [1.165, 1.54) is 27.1 Å². The first-order valence-corrected chi connectivity index (χ1v) is 7.81. The van der Waals surface area contributed by atoms with Gasteiger partial charge in [0.05, 0.1) is 0 Å². The van der Waals surface area contributed by atoms with E-state index in [0.29, 0.717) is 6.04 Å². The molecule has 1 aromatic carbocycles. The fraction of sp³-hybridized carbons (Fsp3) is 0.500. The van der Waals surface area contributed by atoms with Crippen molar-refractivity contribution in [3.05, 3.63) is 33.4 Å². The number of nitrogens with one attached hydrogen (secondary N) is 1. The lowest BCUT2D eigenvalue weighted by atomic mass is 9.93. The summed E-state index contributed by atoms with van der Waals surface area (Å²) < 4.78 is 1.29. The van der Waals surface area contributed by atoms with Gasteiger partial charge in [0.2, 0.25) is 0 Å². The molecule has 0 amide bonds. The topological polar surface area (TPSA) is 38.0 Å². The van der Waals surface area contributed by atoms with Crippen LogP contribution in [0.2, 0.25) is 0 Å². The smallest absolute Gasteiger partial charge is 0.0287 e. The number of hydrogen-bond donors (Lipinski definition) is 2. The van der Waals surface area contributed by atoms with Gasteiger partial charge in [0.15, 0.2) is 0 Å². The molecule has 0 aromatic heterocycles. The molecule has 88 valence electrons. The van der Waals surface area contributed by atoms with E-state index in [9.17, 15) is 0 Å². The number of hydrogen-bond acceptors (Lipinski definition) is 3. The molecule has 2 rings (SSSR count). The molecule has 0 spiro atoms. The lowest BCUT2D eigenvalue weighted by Gasteiger charge is -2.22. The number of rotatable bonds is 4. The maximum atomic E-state index is 5.67. The Morgan fingerprint density at radius 1 is 1.44 bits per heavy atom. The molecule has 2 unspecified atom stereocenters. The Kier molecular flexibility index (Phi) is 4.94. The SMILES string of the molecule is NNC(Cc1ccc(I)cc1)C1CCSC1. The predicted molar refractivity (Wildman–Crippen MR) is 79.4 cm³/mol. The Morgan fingerprint density at radius 3 is 2.75 bits per heavy atom. The first-order chi connectivity index (χ1) is 7.79. The second-order valence-electron chi connectivity index (χ2n) is 4.23. The minimum absolute atomic E-state index is 0.426. The van der Waals surface area contributed by atoms with Gasteiger partial charge in [-0.05, 0) is 70.6 Å². The molecule has 0 saturated carbocycles. The Balaban J connectivity index is 1.97. The molecule has 1 aliphatic heterocycles. The summed E-state index contributed by atoms with van der Waals surface area (Å²) in [5.41, 5.74) is 4.37. The van der Waals surface area contributed by atoms with Gasteiger partial charge >= 0.3 is 0 Å². The standard InChI is InChI=1S/C12H17IN2S/c13-11-3-1-9(2-4-11)7-12(15-14)10-5-6-16-8-10/h1-4,10,12,15H,5-8,14H2. The van der Waals surface area contributed by atoms with E-state index >= 15 is 0 Å². The first-order valence-electron chi connectivity index (χ1n) is 5.58. The van der Waals surface area contributed by atoms with Gasteiger partial charge in [-0.2, -0.15) is 11.8 Å². The molecule has 0 radical (unpaired) electrons. The van der Waals surface area contributed by atoms with Crippen LogP contribution in [0.15, 0.2) is 24.3 Å². The summed E-state index contributed by atoms with van der Waals surface area (Å²) in [6, 6.07) is 9.15. The van der Waals surface area contributed by atoms with Crippen LogP contribution in [0, 0.1) is 9.49 Å². The van der Waals surface area contributed by atoms with E-state index in [1.807, 2.05) is 11.8 Å². The van der Waals surface area contributed by atoms with E-state index < -0.39 is 0 Å². The Labute approximate surface area is 115 Å². The van der Waals surface area contributed by atoms with Crippen molar-refractivity contribution in [2.75, 3.05) is 11.5 Å². The third-order valence-electron chi connectivity index (χ3n) is 3.12. The second kappa shape index (κ2) is 6.23. The average molecular weight is 348 g/mol. The van der Waals surface area contributed by atoms with Crippen molar-refractivity contribution in [1.29, 1.82) is 0 Å². The minimum atomic E-state index is 0.426. The largest absolute Gasteiger partial charge is 0.271 e. The molecule has 2 atom stereocenters. The van der Waals surface area contributed by atoms with Crippen LogP contribution < -0.4 is 11.3 Å². The summed E-state index contributed by atoms with van der Waals surface area (Å²) in [5, 5.41) is 0. The van der Waals surface area contributed by atoms with Crippen LogP contribution in [-0.2, 0) is 6.42 Å². The maximum Gasteiger partial charge on any atom is 0.0287 e. The zero-order valence-corrected chi connectivity index (χ0v) is 12.1. The van der Waals surface area contributed by atoms with Gasteiger partial charge < -0.3 is 0 Å². The number of nitrogens with two attached hydrogens (primary N) is 1. The second-order valence-corrected chi connectivity index (χ2v) is 6.62. The summed E-state index contributed by atoms with van der Waals surface area (Å²) in [5.74, 6) is 8.94. The molecule has 0 aliphatic carbocycles. The quantitative estimate of drug-likeness (QED) is 0.499. The number of benzene rings is 1. The normalized spacial score (nSPS) is 22.2. The molecule has 2 nitrogen and oxygen atoms in total. The van der Waals surface area contributed by atoms with Crippen molar-refractivity contribution < 1.29 is 0 Å². The first kappa shape index (κ1) is 12.7. The molecule has 3 N–H and O–H groups in total. The van der Waals surface area contributed by atoms with E-state index in [2.05, 4.69) is 52.3 Å². The maximum absolute atomic E-state index is 5.67. The van der Waals surface area contributed by atoms with E-state index in [0.717, 1.165) is 12.3 Å². The van der Waals surface area contributed by atoms with Crippen LogP contribution in [-0.4, -0.2) is 17.5 Å². The van der Waals surface area contributed by atoms with Gasteiger partial charge in [-0.25, -0.2) is 0 Å². The van der Waals surface area contributed by atoms with Crippen LogP contribution in [0.3, 0.4) is 0 Å². The monoisotopic (exact) mass is 348 g/mol. The highest BCUT2D eigenvalue weighted by molar-refractivity contribution is 14.1. The van der Waals surface area contributed by atoms with E-state index in [-0.39, 0.29) is 0 Å². The molecule has 1 aliphatic rings. The Bertz CT molecular complexity index is 322. The number of halogens is 1. The zero-order chi connectivity index (χ0) is 11.4. The van der Waals surface area contributed by atoms with Crippen LogP contribution in [0.4, 0.5) is 0 Å². The summed E-state index contributed by atoms with van der Waals surface area (Å²) in [6.45, 7) is 0. The highest BCUT2D eigenvalue weighted by atomic mass is 127. The lowest BCUT2D eigenvalue weighted by molar-refractivity contribution is 0.386. The Hall–Kier alpha value is 0.220. The summed E-state index contributed by atoms with van der Waals surface area (Å²) >= 11 is 4.38. The van der Waals surface area contributed by atoms with Gasteiger partial charge in [0.1, 0.15) is 0 Å². The van der Waals surface area contributed by atoms with Gasteiger partial charge in [-0.1, -0.05) is 12.1 Å². The average Bonchev–Trinajstić information content (AvgIpc) is 2.82. The van der Waals surface area contributed by atoms with E-state index in [1.54, 1.807) is 0 Å². The lowest BCUT2D eigenvalue weighted by Crippen LogP contribution is -2.42. The van der Waals surface area contributed by atoms with Crippen molar-refractivity contribution in [1.82, 2.24) is 5.43 Å². The molecular formula is C12H17IN2S. The van der Waals surface area contributed by atoms with Crippen molar-refractivity contribution in [3.63, 3.8) is 0 Å². The summed E-state index contributed by atoms with van der Waals surface area (Å²) in [4.78, 5) is 0. The minimum Gasteiger partial charge on any atom is -0.271 e. The molecule has 0 bridgehead atoms. The fourth-order valence-corrected chi connectivity index (χ4v) is 3.80. The molecule has 4 heteroatoms. The van der Waals surface area contributed by atoms with Gasteiger partial charge in [0, 0.05) is 9.61 Å². The summed E-state index contributed by atoms with van der Waals surface area (Å²) in [6.07, 6.45) is 2.34. The van der Waals surface area contributed by atoms with Crippen LogP contribution in [0.1, 0.15) is 12.0 Å². The van der Waals surface area contributed by atoms with Crippen molar-refractivity contribution in [2.45, 2.75) is 18.9 Å². The zero-order valence-electron chi connectivity index (χ0n) is 9.16. The number of thioether (sulfide) groups is 1. The van der Waals surface area contributed by atoms with Crippen molar-refractivity contribution in [3.8, 4) is 0 Å². The van der Waals surface area contributed by atoms with Gasteiger partial charge in [-0.15, -0.1) is 0 Å². The number of hydrazine groups is 1.